The Balaban J connectivity index is 1.67. The maximum Gasteiger partial charge on any atom is 0.255 e. The van der Waals surface area contributed by atoms with Gasteiger partial charge in [0.2, 0.25) is 10.0 Å². The lowest BCUT2D eigenvalue weighted by Crippen LogP contribution is -2.41. The maximum atomic E-state index is 13.1. The number of ether oxygens (including phenoxy) is 1. The molecule has 2 aromatic rings. The van der Waals surface area contributed by atoms with Gasteiger partial charge in [-0.1, -0.05) is 30.3 Å². The Morgan fingerprint density at radius 1 is 1.14 bits per heavy atom. The highest BCUT2D eigenvalue weighted by molar-refractivity contribution is 7.92. The number of carbonyl (C=O) groups is 1. The summed E-state index contributed by atoms with van der Waals surface area (Å²) in [6.07, 6.45) is 1.90. The Morgan fingerprint density at radius 3 is 2.61 bits per heavy atom. The average molecular weight is 403 g/mol. The lowest BCUT2D eigenvalue weighted by molar-refractivity contribution is 0.0634. The van der Waals surface area contributed by atoms with E-state index in [1.807, 2.05) is 30.3 Å². The summed E-state index contributed by atoms with van der Waals surface area (Å²) < 4.78 is 32.2. The van der Waals surface area contributed by atoms with E-state index < -0.39 is 10.0 Å². The second-order valence-corrected chi connectivity index (χ2v) is 8.95. The lowest BCUT2D eigenvalue weighted by Gasteiger charge is -2.33. The summed E-state index contributed by atoms with van der Waals surface area (Å²) in [6.45, 7) is 3.38. The number of hydrogen-bond donors (Lipinski definition) is 1. The first-order valence-electron chi connectivity index (χ1n) is 9.55. The summed E-state index contributed by atoms with van der Waals surface area (Å²) in [7, 11) is -3.45. The van der Waals surface area contributed by atoms with Crippen LogP contribution >= 0.6 is 0 Å². The molecule has 0 saturated carbocycles. The van der Waals surface area contributed by atoms with Crippen molar-refractivity contribution in [2.45, 2.75) is 19.8 Å². The van der Waals surface area contributed by atoms with Gasteiger partial charge in [0.05, 0.1) is 23.6 Å². The highest BCUT2D eigenvalue weighted by Gasteiger charge is 2.27. The molecular formula is C21H26N2O4S. The quantitative estimate of drug-likeness (QED) is 0.770. The van der Waals surface area contributed by atoms with Gasteiger partial charge in [0.1, 0.15) is 5.75 Å². The van der Waals surface area contributed by atoms with Crippen molar-refractivity contribution in [3.05, 3.63) is 60.2 Å². The third kappa shape index (κ3) is 5.25. The van der Waals surface area contributed by atoms with Crippen molar-refractivity contribution < 1.29 is 17.9 Å². The van der Waals surface area contributed by atoms with E-state index in [1.165, 1.54) is 0 Å². The predicted molar refractivity (Wildman–Crippen MR) is 110 cm³/mol. The van der Waals surface area contributed by atoms with Crippen LogP contribution in [0, 0.1) is 5.92 Å². The number of nitrogens with zero attached hydrogens (tertiary/aromatic N) is 1. The maximum absolute atomic E-state index is 13.1. The number of rotatable bonds is 7. The monoisotopic (exact) mass is 402 g/mol. The molecule has 28 heavy (non-hydrogen) atoms. The number of para-hydroxylation sites is 2. The van der Waals surface area contributed by atoms with Gasteiger partial charge in [-0.3, -0.25) is 9.52 Å². The zero-order valence-electron chi connectivity index (χ0n) is 16.0. The average Bonchev–Trinajstić information content (AvgIpc) is 2.73. The summed E-state index contributed by atoms with van der Waals surface area (Å²) in [5.74, 6) is 0.875. The van der Waals surface area contributed by atoms with Crippen molar-refractivity contribution in [1.29, 1.82) is 0 Å². The van der Waals surface area contributed by atoms with Crippen LogP contribution in [0.15, 0.2) is 54.6 Å². The van der Waals surface area contributed by atoms with Crippen LogP contribution in [0.2, 0.25) is 0 Å². The molecule has 0 bridgehead atoms. The van der Waals surface area contributed by atoms with E-state index in [1.54, 1.807) is 36.1 Å². The number of sulfonamides is 1. The minimum atomic E-state index is -3.45. The lowest BCUT2D eigenvalue weighted by atomic mass is 9.98. The molecule has 1 atom stereocenters. The first-order valence-corrected chi connectivity index (χ1v) is 11.2. The van der Waals surface area contributed by atoms with Crippen molar-refractivity contribution in [2.24, 2.45) is 5.92 Å². The minimum Gasteiger partial charge on any atom is -0.493 e. The minimum absolute atomic E-state index is 0.0435. The van der Waals surface area contributed by atoms with Gasteiger partial charge < -0.3 is 9.64 Å². The van der Waals surface area contributed by atoms with Crippen molar-refractivity contribution in [3.8, 4) is 5.75 Å². The standard InChI is InChI=1S/C21H26N2O4S/c1-2-28(25,26)22-20-13-7-6-12-19(20)21(24)23-14-8-9-17(15-23)16-27-18-10-4-3-5-11-18/h3-7,10-13,17,22H,2,8-9,14-16H2,1H3. The molecule has 1 unspecified atom stereocenters. The largest absolute Gasteiger partial charge is 0.493 e. The van der Waals surface area contributed by atoms with E-state index in [0.717, 1.165) is 18.6 Å². The van der Waals surface area contributed by atoms with E-state index in [9.17, 15) is 13.2 Å². The van der Waals surface area contributed by atoms with Crippen LogP contribution in [0.1, 0.15) is 30.1 Å². The van der Waals surface area contributed by atoms with Gasteiger partial charge in [-0.2, -0.15) is 0 Å². The summed E-state index contributed by atoms with van der Waals surface area (Å²) >= 11 is 0. The second kappa shape index (κ2) is 9.10. The zero-order valence-corrected chi connectivity index (χ0v) is 16.8. The van der Waals surface area contributed by atoms with Crippen LogP contribution in [0.4, 0.5) is 5.69 Å². The van der Waals surface area contributed by atoms with E-state index in [4.69, 9.17) is 4.74 Å². The van der Waals surface area contributed by atoms with Crippen LogP contribution in [-0.4, -0.2) is 44.7 Å². The van der Waals surface area contributed by atoms with Crippen LogP contribution in [0.25, 0.3) is 0 Å². The number of carbonyl (C=O) groups excluding carboxylic acids is 1. The Labute approximate surface area is 166 Å². The Kier molecular flexibility index (Phi) is 6.57. The third-order valence-corrected chi connectivity index (χ3v) is 6.13. The van der Waals surface area contributed by atoms with Crippen LogP contribution in [-0.2, 0) is 10.0 Å². The van der Waals surface area contributed by atoms with Gasteiger partial charge in [-0.05, 0) is 44.0 Å². The fourth-order valence-electron chi connectivity index (χ4n) is 3.29. The van der Waals surface area contributed by atoms with E-state index in [-0.39, 0.29) is 17.6 Å². The molecule has 1 saturated heterocycles. The van der Waals surface area contributed by atoms with Crippen LogP contribution in [0.3, 0.4) is 0 Å². The molecule has 1 aliphatic rings. The fraction of sp³-hybridized carbons (Fsp3) is 0.381. The molecular weight excluding hydrogens is 376 g/mol. The van der Waals surface area contributed by atoms with E-state index in [2.05, 4.69) is 4.72 Å². The third-order valence-electron chi connectivity index (χ3n) is 4.84. The number of likely N-dealkylation sites (tertiary alicyclic amines) is 1. The highest BCUT2D eigenvalue weighted by atomic mass is 32.2. The molecule has 1 heterocycles. The molecule has 0 radical (unpaired) electrons. The summed E-state index contributed by atoms with van der Waals surface area (Å²) in [5.41, 5.74) is 0.709. The number of nitrogens with one attached hydrogen (secondary N) is 1. The normalized spacial score (nSPS) is 17.2. The summed E-state index contributed by atoms with van der Waals surface area (Å²) in [5, 5.41) is 0. The van der Waals surface area contributed by atoms with Crippen molar-refractivity contribution in [2.75, 3.05) is 30.2 Å². The van der Waals surface area contributed by atoms with Crippen LogP contribution < -0.4 is 9.46 Å². The first kappa shape index (κ1) is 20.2. The molecule has 1 amide bonds. The van der Waals surface area contributed by atoms with Gasteiger partial charge in [-0.15, -0.1) is 0 Å². The van der Waals surface area contributed by atoms with Crippen molar-refractivity contribution >= 4 is 21.6 Å². The Morgan fingerprint density at radius 2 is 1.86 bits per heavy atom. The van der Waals surface area contributed by atoms with Gasteiger partial charge in [-0.25, -0.2) is 8.42 Å². The topological polar surface area (TPSA) is 75.7 Å². The number of hydrogen-bond acceptors (Lipinski definition) is 4. The van der Waals surface area contributed by atoms with Gasteiger partial charge >= 0.3 is 0 Å². The van der Waals surface area contributed by atoms with Crippen LogP contribution in [0.5, 0.6) is 5.75 Å². The van der Waals surface area contributed by atoms with Gasteiger partial charge in [0.15, 0.2) is 0 Å². The number of anilines is 1. The summed E-state index contributed by atoms with van der Waals surface area (Å²) in [6, 6.07) is 16.4. The second-order valence-electron chi connectivity index (χ2n) is 6.93. The molecule has 150 valence electrons. The van der Waals surface area contributed by atoms with E-state index >= 15 is 0 Å². The Bertz CT molecular complexity index is 900. The number of benzene rings is 2. The molecule has 2 aromatic carbocycles. The van der Waals surface area contributed by atoms with Crippen molar-refractivity contribution in [3.63, 3.8) is 0 Å². The number of amides is 1. The molecule has 1 aliphatic heterocycles. The molecule has 3 rings (SSSR count). The molecule has 1 fully saturated rings. The Hall–Kier alpha value is -2.54. The zero-order chi connectivity index (χ0) is 20.0. The highest BCUT2D eigenvalue weighted by Crippen LogP contribution is 2.24. The van der Waals surface area contributed by atoms with E-state index in [0.29, 0.717) is 30.9 Å². The summed E-state index contributed by atoms with van der Waals surface area (Å²) in [4.78, 5) is 14.9. The van der Waals surface area contributed by atoms with Gasteiger partial charge in [0.25, 0.3) is 5.91 Å². The van der Waals surface area contributed by atoms with Crippen molar-refractivity contribution in [1.82, 2.24) is 4.90 Å². The molecule has 7 heteroatoms. The predicted octanol–water partition coefficient (Wildman–Crippen LogP) is 3.38. The SMILES string of the molecule is CCS(=O)(=O)Nc1ccccc1C(=O)N1CCCC(COc2ccccc2)C1. The molecule has 0 spiro atoms. The molecule has 6 nitrogen and oxygen atoms in total. The number of piperidine rings is 1. The molecule has 0 aromatic heterocycles. The smallest absolute Gasteiger partial charge is 0.255 e. The fourth-order valence-corrected chi connectivity index (χ4v) is 3.94. The first-order chi connectivity index (χ1) is 13.5. The van der Waals surface area contributed by atoms with Gasteiger partial charge in [0, 0.05) is 19.0 Å². The molecule has 1 N–H and O–H groups in total. The molecule has 0 aliphatic carbocycles.